The van der Waals surface area contributed by atoms with Gasteiger partial charge < -0.3 is 10.3 Å². The molecule has 0 radical (unpaired) electrons. The van der Waals surface area contributed by atoms with Crippen LogP contribution in [0.15, 0.2) is 9.59 Å². The van der Waals surface area contributed by atoms with Crippen molar-refractivity contribution in [2.24, 2.45) is 19.8 Å². The number of hydrogen-bond donors (Lipinski definition) is 1. The number of nitrogens with zero attached hydrogens (tertiary/aromatic N) is 4. The van der Waals surface area contributed by atoms with E-state index in [2.05, 4.69) is 18.8 Å². The second-order valence-electron chi connectivity index (χ2n) is 5.82. The van der Waals surface area contributed by atoms with Crippen LogP contribution in [0.3, 0.4) is 0 Å². The summed E-state index contributed by atoms with van der Waals surface area (Å²) < 4.78 is 4.49. The zero-order chi connectivity index (χ0) is 16.6. The molecule has 2 N–H and O–H groups in total. The molecule has 1 unspecified atom stereocenters. The van der Waals surface area contributed by atoms with E-state index < -0.39 is 0 Å². The highest BCUT2D eigenvalue weighted by Crippen LogP contribution is 2.23. The molecule has 0 saturated carbocycles. The number of fused-ring (bicyclic) bond motifs is 1. The van der Waals surface area contributed by atoms with Gasteiger partial charge in [-0.05, 0) is 19.8 Å². The molecule has 1 atom stereocenters. The molecule has 0 spiro atoms. The SMILES string of the molecule is CCC(CC)c1nc2c(c(=O)n(C(C)CN)c(=O)n2C)n1C. The molecule has 0 aliphatic heterocycles. The lowest BCUT2D eigenvalue weighted by Crippen LogP contribution is -2.43. The molecule has 7 heteroatoms. The number of aryl methyl sites for hydroxylation is 2. The molecule has 7 nitrogen and oxygen atoms in total. The lowest BCUT2D eigenvalue weighted by Gasteiger charge is -2.14. The summed E-state index contributed by atoms with van der Waals surface area (Å²) in [6, 6.07) is -0.345. The van der Waals surface area contributed by atoms with Crippen LogP contribution < -0.4 is 17.0 Å². The summed E-state index contributed by atoms with van der Waals surface area (Å²) in [6.45, 7) is 6.20. The van der Waals surface area contributed by atoms with E-state index >= 15 is 0 Å². The second kappa shape index (κ2) is 6.08. The molecule has 2 aromatic rings. The molecular formula is C15H25N5O2. The number of aromatic nitrogens is 4. The summed E-state index contributed by atoms with van der Waals surface area (Å²) in [7, 11) is 3.49. The highest BCUT2D eigenvalue weighted by atomic mass is 16.2. The summed E-state index contributed by atoms with van der Waals surface area (Å²) in [5.74, 6) is 1.12. The van der Waals surface area contributed by atoms with Crippen LogP contribution in [0, 0.1) is 0 Å². The quantitative estimate of drug-likeness (QED) is 0.887. The van der Waals surface area contributed by atoms with Gasteiger partial charge in [-0.15, -0.1) is 0 Å². The van der Waals surface area contributed by atoms with Crippen molar-refractivity contribution in [2.75, 3.05) is 6.54 Å². The Morgan fingerprint density at radius 1 is 1.14 bits per heavy atom. The third-order valence-electron chi connectivity index (χ3n) is 4.48. The maximum atomic E-state index is 12.8. The summed E-state index contributed by atoms with van der Waals surface area (Å²) in [6.07, 6.45) is 1.88. The van der Waals surface area contributed by atoms with Crippen LogP contribution in [0.5, 0.6) is 0 Å². The van der Waals surface area contributed by atoms with E-state index in [4.69, 9.17) is 5.73 Å². The van der Waals surface area contributed by atoms with Gasteiger partial charge in [-0.25, -0.2) is 9.78 Å². The third kappa shape index (κ3) is 2.29. The molecule has 0 saturated heterocycles. The highest BCUT2D eigenvalue weighted by molar-refractivity contribution is 5.71. The van der Waals surface area contributed by atoms with Gasteiger partial charge in [0.1, 0.15) is 5.82 Å². The minimum Gasteiger partial charge on any atom is -0.328 e. The summed E-state index contributed by atoms with van der Waals surface area (Å²) >= 11 is 0. The van der Waals surface area contributed by atoms with Crippen molar-refractivity contribution in [3.63, 3.8) is 0 Å². The van der Waals surface area contributed by atoms with Crippen LogP contribution in [0.2, 0.25) is 0 Å². The molecule has 0 aromatic carbocycles. The normalized spacial score (nSPS) is 13.2. The Morgan fingerprint density at radius 2 is 1.73 bits per heavy atom. The van der Waals surface area contributed by atoms with Gasteiger partial charge in [-0.1, -0.05) is 13.8 Å². The zero-order valence-corrected chi connectivity index (χ0v) is 14.0. The van der Waals surface area contributed by atoms with Gasteiger partial charge in [0.05, 0.1) is 6.04 Å². The minimum absolute atomic E-state index is 0.234. The molecular weight excluding hydrogens is 282 g/mol. The first-order chi connectivity index (χ1) is 10.4. The third-order valence-corrected chi connectivity index (χ3v) is 4.48. The molecule has 0 fully saturated rings. The van der Waals surface area contributed by atoms with E-state index in [0.29, 0.717) is 11.2 Å². The maximum Gasteiger partial charge on any atom is 0.332 e. The summed E-state index contributed by atoms with van der Waals surface area (Å²) in [5, 5.41) is 0. The lowest BCUT2D eigenvalue weighted by atomic mass is 10.0. The second-order valence-corrected chi connectivity index (χ2v) is 5.82. The van der Waals surface area contributed by atoms with Crippen LogP contribution in [0.25, 0.3) is 11.2 Å². The molecule has 0 amide bonds. The molecule has 2 aromatic heterocycles. The molecule has 122 valence electrons. The van der Waals surface area contributed by atoms with E-state index in [9.17, 15) is 9.59 Å². The van der Waals surface area contributed by atoms with E-state index in [1.54, 1.807) is 14.0 Å². The standard InChI is InChI=1S/C15H25N5O2/c1-6-10(7-2)12-17-13-11(18(12)4)14(21)20(9(3)8-16)15(22)19(13)5/h9-10H,6-8,16H2,1-5H3. The Morgan fingerprint density at radius 3 is 2.23 bits per heavy atom. The van der Waals surface area contributed by atoms with Gasteiger partial charge in [-0.2, -0.15) is 0 Å². The smallest absolute Gasteiger partial charge is 0.328 e. The van der Waals surface area contributed by atoms with Crippen molar-refractivity contribution < 1.29 is 0 Å². The lowest BCUT2D eigenvalue weighted by molar-refractivity contribution is 0.501. The molecule has 2 heterocycles. The fourth-order valence-electron chi connectivity index (χ4n) is 2.94. The minimum atomic E-state index is -0.371. The maximum absolute atomic E-state index is 12.8. The van der Waals surface area contributed by atoms with Gasteiger partial charge in [0.25, 0.3) is 5.56 Å². The Balaban J connectivity index is 2.90. The Bertz CT molecular complexity index is 795. The molecule has 0 aliphatic rings. The predicted octanol–water partition coefficient (Wildman–Crippen LogP) is 0.857. The largest absolute Gasteiger partial charge is 0.332 e. The molecule has 0 aliphatic carbocycles. The van der Waals surface area contributed by atoms with Gasteiger partial charge in [0, 0.05) is 26.6 Å². The Kier molecular flexibility index (Phi) is 4.55. The molecule has 2 rings (SSSR count). The van der Waals surface area contributed by atoms with Crippen LogP contribution in [-0.4, -0.2) is 25.2 Å². The number of imidazole rings is 1. The van der Waals surface area contributed by atoms with Crippen molar-refractivity contribution in [1.82, 2.24) is 18.7 Å². The van der Waals surface area contributed by atoms with Gasteiger partial charge in [0.2, 0.25) is 0 Å². The molecule has 22 heavy (non-hydrogen) atoms. The van der Waals surface area contributed by atoms with Crippen LogP contribution in [-0.2, 0) is 14.1 Å². The number of rotatable bonds is 5. The fourth-order valence-corrected chi connectivity index (χ4v) is 2.94. The monoisotopic (exact) mass is 307 g/mol. The van der Waals surface area contributed by atoms with Crippen molar-refractivity contribution in [3.05, 3.63) is 26.7 Å². The van der Waals surface area contributed by atoms with Gasteiger partial charge in [-0.3, -0.25) is 13.9 Å². The average Bonchev–Trinajstić information content (AvgIpc) is 2.84. The van der Waals surface area contributed by atoms with Crippen LogP contribution in [0.4, 0.5) is 0 Å². The fraction of sp³-hybridized carbons (Fsp3) is 0.667. The van der Waals surface area contributed by atoms with E-state index in [-0.39, 0.29) is 29.8 Å². The van der Waals surface area contributed by atoms with Gasteiger partial charge in [0.15, 0.2) is 11.2 Å². The van der Waals surface area contributed by atoms with E-state index in [1.165, 1.54) is 9.13 Å². The highest BCUT2D eigenvalue weighted by Gasteiger charge is 2.23. The first kappa shape index (κ1) is 16.5. The zero-order valence-electron chi connectivity index (χ0n) is 14.0. The van der Waals surface area contributed by atoms with Crippen molar-refractivity contribution in [1.29, 1.82) is 0 Å². The van der Waals surface area contributed by atoms with Gasteiger partial charge >= 0.3 is 5.69 Å². The summed E-state index contributed by atoms with van der Waals surface area (Å²) in [4.78, 5) is 29.8. The Hall–Kier alpha value is -1.89. The topological polar surface area (TPSA) is 87.8 Å². The first-order valence-electron chi connectivity index (χ1n) is 7.76. The van der Waals surface area contributed by atoms with Crippen molar-refractivity contribution in [3.8, 4) is 0 Å². The average molecular weight is 307 g/mol. The van der Waals surface area contributed by atoms with Crippen LogP contribution in [0.1, 0.15) is 51.4 Å². The number of hydrogen-bond acceptors (Lipinski definition) is 4. The predicted molar refractivity (Wildman–Crippen MR) is 87.3 cm³/mol. The number of nitrogens with two attached hydrogens (primary N) is 1. The van der Waals surface area contributed by atoms with Crippen molar-refractivity contribution in [2.45, 2.75) is 45.6 Å². The first-order valence-corrected chi connectivity index (χ1v) is 7.76. The van der Waals surface area contributed by atoms with E-state index in [1.807, 2.05) is 11.6 Å². The van der Waals surface area contributed by atoms with Crippen molar-refractivity contribution >= 4 is 11.2 Å². The molecule has 0 bridgehead atoms. The van der Waals surface area contributed by atoms with Crippen LogP contribution >= 0.6 is 0 Å². The van der Waals surface area contributed by atoms with E-state index in [0.717, 1.165) is 18.7 Å². The Labute approximate surface area is 129 Å². The summed E-state index contributed by atoms with van der Waals surface area (Å²) in [5.41, 5.74) is 5.86.